The lowest BCUT2D eigenvalue weighted by atomic mass is 10.2. The Bertz CT molecular complexity index is 393. The van der Waals surface area contributed by atoms with Crippen LogP contribution in [0, 0.1) is 0 Å². The Morgan fingerprint density at radius 2 is 2.17 bits per heavy atom. The Labute approximate surface area is 107 Å². The van der Waals surface area contributed by atoms with E-state index in [1.807, 2.05) is 13.8 Å². The zero-order chi connectivity index (χ0) is 13.8. The Kier molecular flexibility index (Phi) is 4.58. The zero-order valence-corrected chi connectivity index (χ0v) is 11.4. The van der Waals surface area contributed by atoms with Crippen LogP contribution in [-0.4, -0.2) is 23.0 Å². The Morgan fingerprint density at radius 3 is 2.72 bits per heavy atom. The third kappa shape index (κ3) is 5.56. The molecule has 0 unspecified atom stereocenters. The SMILES string of the molecule is CC(C)Oc1cc(CNC(=O)OC(C)(C)C)on1. The normalized spacial score (nSPS) is 11.4. The summed E-state index contributed by atoms with van der Waals surface area (Å²) in [6.45, 7) is 9.41. The highest BCUT2D eigenvalue weighted by Gasteiger charge is 2.16. The number of carbonyl (C=O) groups is 1. The molecule has 1 aromatic heterocycles. The summed E-state index contributed by atoms with van der Waals surface area (Å²) in [4.78, 5) is 11.4. The van der Waals surface area contributed by atoms with E-state index in [0.29, 0.717) is 11.6 Å². The van der Waals surface area contributed by atoms with Gasteiger partial charge >= 0.3 is 6.09 Å². The number of rotatable bonds is 4. The van der Waals surface area contributed by atoms with E-state index in [9.17, 15) is 4.79 Å². The molecule has 1 aromatic rings. The number of nitrogens with one attached hydrogen (secondary N) is 1. The van der Waals surface area contributed by atoms with E-state index < -0.39 is 11.7 Å². The summed E-state index contributed by atoms with van der Waals surface area (Å²) in [5.74, 6) is 0.919. The van der Waals surface area contributed by atoms with E-state index in [2.05, 4.69) is 10.5 Å². The molecule has 6 heteroatoms. The summed E-state index contributed by atoms with van der Waals surface area (Å²) in [5.41, 5.74) is -0.516. The van der Waals surface area contributed by atoms with Gasteiger partial charge in [0.2, 0.25) is 0 Å². The first-order valence-electron chi connectivity index (χ1n) is 5.85. The molecule has 1 N–H and O–H groups in total. The van der Waals surface area contributed by atoms with E-state index >= 15 is 0 Å². The molecular formula is C12H20N2O4. The average Bonchev–Trinajstić information content (AvgIpc) is 2.59. The van der Waals surface area contributed by atoms with Gasteiger partial charge in [-0.15, -0.1) is 0 Å². The van der Waals surface area contributed by atoms with Crippen molar-refractivity contribution in [2.24, 2.45) is 0 Å². The summed E-state index contributed by atoms with van der Waals surface area (Å²) in [6, 6.07) is 1.64. The van der Waals surface area contributed by atoms with Gasteiger partial charge in [-0.25, -0.2) is 4.79 Å². The zero-order valence-electron chi connectivity index (χ0n) is 11.4. The summed E-state index contributed by atoms with van der Waals surface area (Å²) in [7, 11) is 0. The van der Waals surface area contributed by atoms with E-state index in [4.69, 9.17) is 14.0 Å². The number of ether oxygens (including phenoxy) is 2. The molecule has 0 saturated carbocycles. The summed E-state index contributed by atoms with van der Waals surface area (Å²) in [5, 5.41) is 6.29. The molecule has 0 aliphatic rings. The Morgan fingerprint density at radius 1 is 1.50 bits per heavy atom. The van der Waals surface area contributed by atoms with Crippen molar-refractivity contribution in [1.82, 2.24) is 10.5 Å². The number of hydrogen-bond donors (Lipinski definition) is 1. The molecule has 0 aliphatic heterocycles. The van der Waals surface area contributed by atoms with Crippen molar-refractivity contribution in [2.45, 2.75) is 52.9 Å². The monoisotopic (exact) mass is 256 g/mol. The summed E-state index contributed by atoms with van der Waals surface area (Å²) in [6.07, 6.45) is -0.466. The van der Waals surface area contributed by atoms with Crippen molar-refractivity contribution in [3.8, 4) is 5.88 Å². The van der Waals surface area contributed by atoms with Crippen LogP contribution in [0.15, 0.2) is 10.6 Å². The van der Waals surface area contributed by atoms with Crippen LogP contribution in [0.3, 0.4) is 0 Å². The Hall–Kier alpha value is -1.72. The number of alkyl carbamates (subject to hydrolysis) is 1. The molecule has 6 nitrogen and oxygen atoms in total. The van der Waals surface area contributed by atoms with E-state index in [0.717, 1.165) is 0 Å². The van der Waals surface area contributed by atoms with E-state index in [-0.39, 0.29) is 12.6 Å². The molecule has 0 radical (unpaired) electrons. The minimum atomic E-state index is -0.516. The molecule has 1 heterocycles. The molecule has 0 aliphatic carbocycles. The molecule has 1 rings (SSSR count). The third-order valence-electron chi connectivity index (χ3n) is 1.70. The molecule has 0 spiro atoms. The number of carbonyl (C=O) groups excluding carboxylic acids is 1. The van der Waals surface area contributed by atoms with Crippen molar-refractivity contribution >= 4 is 6.09 Å². The molecule has 0 fully saturated rings. The molecular weight excluding hydrogens is 236 g/mol. The van der Waals surface area contributed by atoms with Crippen LogP contribution in [0.2, 0.25) is 0 Å². The molecule has 0 bridgehead atoms. The van der Waals surface area contributed by atoms with Crippen LogP contribution in [0.5, 0.6) is 5.88 Å². The van der Waals surface area contributed by atoms with E-state index in [1.54, 1.807) is 26.8 Å². The van der Waals surface area contributed by atoms with Gasteiger partial charge in [-0.1, -0.05) is 0 Å². The topological polar surface area (TPSA) is 73.6 Å². The second kappa shape index (κ2) is 5.75. The van der Waals surface area contributed by atoms with Gasteiger partial charge in [0.25, 0.3) is 5.88 Å². The molecule has 1 amide bonds. The number of hydrogen-bond acceptors (Lipinski definition) is 5. The van der Waals surface area contributed by atoms with Gasteiger partial charge in [0, 0.05) is 6.07 Å². The number of nitrogens with zero attached hydrogens (tertiary/aromatic N) is 1. The largest absolute Gasteiger partial charge is 0.473 e. The van der Waals surface area contributed by atoms with Gasteiger partial charge in [-0.05, 0) is 39.8 Å². The van der Waals surface area contributed by atoms with Gasteiger partial charge in [-0.3, -0.25) is 0 Å². The van der Waals surface area contributed by atoms with Crippen LogP contribution in [-0.2, 0) is 11.3 Å². The molecule has 0 aromatic carbocycles. The lowest BCUT2D eigenvalue weighted by molar-refractivity contribution is 0.0519. The first kappa shape index (κ1) is 14.3. The van der Waals surface area contributed by atoms with Crippen LogP contribution < -0.4 is 10.1 Å². The lowest BCUT2D eigenvalue weighted by Crippen LogP contribution is -2.32. The minimum Gasteiger partial charge on any atom is -0.473 e. The number of aromatic nitrogens is 1. The van der Waals surface area contributed by atoms with Crippen molar-refractivity contribution in [1.29, 1.82) is 0 Å². The number of amides is 1. The van der Waals surface area contributed by atoms with Crippen molar-refractivity contribution in [2.75, 3.05) is 0 Å². The predicted octanol–water partition coefficient (Wildman–Crippen LogP) is 2.49. The van der Waals surface area contributed by atoms with Gasteiger partial charge in [0.15, 0.2) is 5.76 Å². The first-order valence-corrected chi connectivity index (χ1v) is 5.85. The predicted molar refractivity (Wildman–Crippen MR) is 65.3 cm³/mol. The van der Waals surface area contributed by atoms with Crippen molar-refractivity contribution in [3.05, 3.63) is 11.8 Å². The maximum absolute atomic E-state index is 11.4. The van der Waals surface area contributed by atoms with Crippen LogP contribution in [0.1, 0.15) is 40.4 Å². The highest BCUT2D eigenvalue weighted by Crippen LogP contribution is 2.13. The first-order chi connectivity index (χ1) is 8.26. The van der Waals surface area contributed by atoms with Crippen molar-refractivity contribution in [3.63, 3.8) is 0 Å². The molecule has 0 atom stereocenters. The maximum Gasteiger partial charge on any atom is 0.408 e. The maximum atomic E-state index is 11.4. The quantitative estimate of drug-likeness (QED) is 0.895. The molecule has 102 valence electrons. The summed E-state index contributed by atoms with van der Waals surface area (Å²) >= 11 is 0. The van der Waals surface area contributed by atoms with Gasteiger partial charge in [0.1, 0.15) is 5.60 Å². The Balaban J connectivity index is 2.39. The molecule has 0 saturated heterocycles. The second-order valence-electron chi connectivity index (χ2n) is 5.15. The molecule has 18 heavy (non-hydrogen) atoms. The van der Waals surface area contributed by atoms with Gasteiger partial charge < -0.3 is 19.3 Å². The fourth-order valence-electron chi connectivity index (χ4n) is 1.15. The average molecular weight is 256 g/mol. The van der Waals surface area contributed by atoms with Gasteiger partial charge in [-0.2, -0.15) is 0 Å². The third-order valence-corrected chi connectivity index (χ3v) is 1.70. The van der Waals surface area contributed by atoms with E-state index in [1.165, 1.54) is 0 Å². The van der Waals surface area contributed by atoms with Crippen LogP contribution in [0.25, 0.3) is 0 Å². The highest BCUT2D eigenvalue weighted by molar-refractivity contribution is 5.67. The van der Waals surface area contributed by atoms with Crippen LogP contribution in [0.4, 0.5) is 4.79 Å². The minimum absolute atomic E-state index is 0.0294. The second-order valence-corrected chi connectivity index (χ2v) is 5.15. The summed E-state index contributed by atoms with van der Waals surface area (Å²) < 4.78 is 15.4. The van der Waals surface area contributed by atoms with Crippen molar-refractivity contribution < 1.29 is 18.8 Å². The smallest absolute Gasteiger partial charge is 0.408 e. The fourth-order valence-corrected chi connectivity index (χ4v) is 1.15. The standard InChI is InChI=1S/C12H20N2O4/c1-8(2)16-10-6-9(18-14-10)7-13-11(15)17-12(3,4)5/h6,8H,7H2,1-5H3,(H,13,15). The van der Waals surface area contributed by atoms with Crippen LogP contribution >= 0.6 is 0 Å². The highest BCUT2D eigenvalue weighted by atomic mass is 16.6. The van der Waals surface area contributed by atoms with Gasteiger partial charge in [0.05, 0.1) is 12.6 Å². The lowest BCUT2D eigenvalue weighted by Gasteiger charge is -2.19. The fraction of sp³-hybridized carbons (Fsp3) is 0.667.